The van der Waals surface area contributed by atoms with Crippen LogP contribution in [0.4, 0.5) is 5.69 Å². The molecule has 0 bridgehead atoms. The summed E-state index contributed by atoms with van der Waals surface area (Å²) in [7, 11) is 0.991. The average molecular weight is 1970 g/mol. The van der Waals surface area contributed by atoms with Gasteiger partial charge in [-0.1, -0.05) is 6.07 Å². The van der Waals surface area contributed by atoms with Gasteiger partial charge >= 0.3 is 59.7 Å². The van der Waals surface area contributed by atoms with Gasteiger partial charge in [0.05, 0.1) is 25.9 Å². The van der Waals surface area contributed by atoms with E-state index in [2.05, 4.69) is 58.5 Å². The summed E-state index contributed by atoms with van der Waals surface area (Å²) < 4.78 is 92.4. The zero-order chi connectivity index (χ0) is 101. The Morgan fingerprint density at radius 1 is 0.348 bits per heavy atom. The molecular formula is C82H121N27O28S. The van der Waals surface area contributed by atoms with Gasteiger partial charge in [0.15, 0.2) is 107 Å². The Morgan fingerprint density at radius 3 is 0.899 bits per heavy atom. The van der Waals surface area contributed by atoms with E-state index >= 15 is 0 Å². The SMILES string of the molecule is COC(=O)COC1[C@@H](OC(=O)CCCNC(=N)N)[C@H](OC(=O)CCCNC(=N)N)C(OCCNC(=O)COC2[C@@H](OC(=O)CCCNC(=N)N)[C@H](OC(=O)CCCNC(=N)N)C(OCCNC(=S)Nc3ccc4c(c3)C(=O)OC43c4ccc(O)cc4Oc4cc(O)ccc43)[C@H](OC(=O)CCCNC(=N)N)[C@H]2OC(=O)CCCNC(=N)N)[C@H](OC(=O)CCCNC(=N)N)[C@H]1OC(=O)CCCNC(=N)N. The number of anilines is 1. The van der Waals surface area contributed by atoms with E-state index in [0.717, 1.165) is 7.11 Å². The molecule has 12 atom stereocenters. The minimum Gasteiger partial charge on any atom is -0.508 e. The monoisotopic (exact) mass is 1960 g/mol. The number of hydrogen-bond acceptors (Lipinski definition) is 37. The van der Waals surface area contributed by atoms with Gasteiger partial charge in [0.1, 0.15) is 60.6 Å². The van der Waals surface area contributed by atoms with Crippen LogP contribution in [-0.4, -0.2) is 301 Å². The average Bonchev–Trinajstić information content (AvgIpc) is 1.53. The molecule has 2 aliphatic carbocycles. The molecule has 758 valence electrons. The second-order valence-corrected chi connectivity index (χ2v) is 31.4. The maximum Gasteiger partial charge on any atom is 0.340 e. The Hall–Kier alpha value is -15.1. The third-order valence-electron chi connectivity index (χ3n) is 20.5. The molecule has 0 radical (unpaired) electrons. The molecule has 2 aliphatic heterocycles. The number of nitrogens with one attached hydrogen (secondary N) is 19. The van der Waals surface area contributed by atoms with Gasteiger partial charge < -0.3 is 186 Å². The van der Waals surface area contributed by atoms with Gasteiger partial charge in [-0.25, -0.2) is 9.59 Å². The van der Waals surface area contributed by atoms with Gasteiger partial charge in [0.25, 0.3) is 0 Å². The lowest BCUT2D eigenvalue weighted by molar-refractivity contribution is -0.267. The van der Waals surface area contributed by atoms with Gasteiger partial charge in [-0.3, -0.25) is 86.4 Å². The molecular weight excluding hydrogens is 1840 g/mol. The lowest BCUT2D eigenvalue weighted by Crippen LogP contribution is -2.69. The topological polar surface area (TPSA) is 898 Å². The van der Waals surface area contributed by atoms with Crippen LogP contribution in [0.5, 0.6) is 23.0 Å². The van der Waals surface area contributed by atoms with Crippen molar-refractivity contribution in [1.29, 1.82) is 43.3 Å². The molecule has 1 spiro atoms. The molecule has 1 amide bonds. The molecule has 2 saturated carbocycles. The van der Waals surface area contributed by atoms with Crippen molar-refractivity contribution in [3.63, 3.8) is 0 Å². The second-order valence-electron chi connectivity index (χ2n) is 31.0. The van der Waals surface area contributed by atoms with E-state index in [1.54, 1.807) is 12.1 Å². The standard InChI is InChI=1S/C82H121N27O28S/c1-123-59(121)40-127-63-70(135-57(119)16-8-30-106-79(95)96)66(131-53(115)12-4-26-102-75(87)88)60(67(132-54(116)13-5-27-103-76(89)90)71(63)136-58(120)17-9-31-107-80(97)98)124-34-32-99-50(112)39-126-62-68(133-55(117)14-6-28-104-77(91)92)64(129-51(113)10-2-24-100-73(83)84)61(65(130-52(114)11-3-25-101-74(85)86)69(62)134-56(118)15-7-29-105-78(93)94)125-35-33-108-81(138)109-41-18-21-45-44(36-41)72(122)137-82(45)46-22-19-42(110)37-48(46)128-49-38-43(111)20-23-47(49)82/h18-23,36-38,60-71,110-111H,2-17,24-35,39-40H2,1H3,(H,99,112)(H4,83,84,100)(H4,85,86,101)(H4,87,88,102)(H4,89,90,103)(H4,91,92,104)(H4,93,94,105)(H4,95,96,106)(H4,97,98,107)(H2,108,109,138)/t60?,61?,62?,63?,64-,65+,66-,67+,68-,69+,70-,71+. The van der Waals surface area contributed by atoms with Crippen LogP contribution in [0.1, 0.15) is 130 Å². The van der Waals surface area contributed by atoms with Gasteiger partial charge in [0, 0.05) is 151 Å². The van der Waals surface area contributed by atoms with Crippen molar-refractivity contribution >= 4 is 136 Å². The minimum atomic E-state index is -2.12. The summed E-state index contributed by atoms with van der Waals surface area (Å²) in [4.78, 5) is 158. The molecule has 55 nitrogen and oxygen atoms in total. The highest BCUT2D eigenvalue weighted by Gasteiger charge is 2.62. The predicted molar refractivity (Wildman–Crippen MR) is 488 cm³/mol. The van der Waals surface area contributed by atoms with Crippen LogP contribution in [0.15, 0.2) is 54.6 Å². The zero-order valence-electron chi connectivity index (χ0n) is 75.4. The molecule has 3 aromatic rings. The number of aromatic hydroxyl groups is 2. The Morgan fingerprint density at radius 2 is 0.616 bits per heavy atom. The highest BCUT2D eigenvalue weighted by atomic mass is 32.1. The molecule has 2 heterocycles. The van der Waals surface area contributed by atoms with Gasteiger partial charge in [-0.05, 0) is 100.0 Å². The molecule has 3 aromatic carbocycles. The number of hydrogen-bond donors (Lipinski definition) is 29. The molecule has 37 N–H and O–H groups in total. The summed E-state index contributed by atoms with van der Waals surface area (Å²) in [6, 6.07) is 13.1. The number of rotatable bonds is 55. The van der Waals surface area contributed by atoms with Gasteiger partial charge in [0.2, 0.25) is 5.91 Å². The number of carbonyl (C=O) groups is 11. The molecule has 4 unspecified atom stereocenters. The minimum absolute atomic E-state index is 0.0672. The number of methoxy groups -OCH3 is 1. The van der Waals surface area contributed by atoms with E-state index in [4.69, 9.17) is 172 Å². The Bertz CT molecular complexity index is 4630. The Kier molecular flexibility index (Phi) is 44.4. The summed E-state index contributed by atoms with van der Waals surface area (Å²) in [5.41, 5.74) is 44.0. The van der Waals surface area contributed by atoms with Crippen LogP contribution >= 0.6 is 12.2 Å². The van der Waals surface area contributed by atoms with E-state index in [1.165, 1.54) is 42.5 Å². The third-order valence-corrected chi connectivity index (χ3v) is 20.7. The fraction of sp³-hybridized carbons (Fsp3) is 0.537. The van der Waals surface area contributed by atoms with Crippen molar-refractivity contribution < 1.29 is 134 Å². The molecule has 7 rings (SSSR count). The number of carbonyl (C=O) groups excluding carboxylic acids is 11. The van der Waals surface area contributed by atoms with Crippen LogP contribution in [0.2, 0.25) is 0 Å². The van der Waals surface area contributed by atoms with Crippen LogP contribution < -0.4 is 109 Å². The van der Waals surface area contributed by atoms with Crippen LogP contribution in [-0.2, 0) is 120 Å². The van der Waals surface area contributed by atoms with Gasteiger partial charge in [-0.15, -0.1) is 0 Å². The van der Waals surface area contributed by atoms with Crippen molar-refractivity contribution in [2.45, 2.75) is 182 Å². The van der Waals surface area contributed by atoms with Crippen molar-refractivity contribution in [3.05, 3.63) is 76.9 Å². The quantitative estimate of drug-likeness (QED) is 0.00630. The number of thiocarbonyl (C=S) groups is 1. The van der Waals surface area contributed by atoms with E-state index in [1.807, 2.05) is 0 Å². The normalized spacial score (nSPS) is 19.3. The number of phenols is 2. The van der Waals surface area contributed by atoms with Crippen molar-refractivity contribution in [1.82, 2.24) is 53.2 Å². The number of fused-ring (bicyclic) bond motifs is 6. The maximum absolute atomic E-state index is 14.9. The first kappa shape index (κ1) is 110. The highest BCUT2D eigenvalue weighted by molar-refractivity contribution is 7.80. The number of phenolic OH excluding ortho intramolecular Hbond substituents is 2. The number of nitrogens with two attached hydrogens (primary N) is 8. The molecule has 56 heteroatoms. The zero-order valence-corrected chi connectivity index (χ0v) is 76.2. The Balaban J connectivity index is 1.31. The largest absolute Gasteiger partial charge is 0.508 e. The van der Waals surface area contributed by atoms with Gasteiger partial charge in [-0.2, -0.15) is 0 Å². The second kappa shape index (κ2) is 55.7. The lowest BCUT2D eigenvalue weighted by atomic mass is 9.77. The fourth-order valence-electron chi connectivity index (χ4n) is 14.6. The maximum atomic E-state index is 14.9. The summed E-state index contributed by atoms with van der Waals surface area (Å²) in [5, 5.41) is 111. The van der Waals surface area contributed by atoms with Crippen molar-refractivity contribution in [3.8, 4) is 23.0 Å². The molecule has 138 heavy (non-hydrogen) atoms. The highest BCUT2D eigenvalue weighted by Crippen LogP contribution is 2.57. The predicted octanol–water partition coefficient (Wildman–Crippen LogP) is -4.79. The summed E-state index contributed by atoms with van der Waals surface area (Å²) in [6.07, 6.45) is -29.3. The van der Waals surface area contributed by atoms with Crippen LogP contribution in [0.25, 0.3) is 0 Å². The first-order valence-electron chi connectivity index (χ1n) is 43.5. The fourth-order valence-corrected chi connectivity index (χ4v) is 14.8. The number of benzene rings is 3. The first-order chi connectivity index (χ1) is 65.8. The van der Waals surface area contributed by atoms with E-state index in [9.17, 15) is 63.0 Å². The smallest absolute Gasteiger partial charge is 0.340 e. The summed E-state index contributed by atoms with van der Waals surface area (Å²) in [6.45, 7) is -5.20. The first-order valence-corrected chi connectivity index (χ1v) is 43.9. The molecule has 0 aromatic heterocycles. The lowest BCUT2D eigenvalue weighted by Gasteiger charge is -2.48. The van der Waals surface area contributed by atoms with Crippen LogP contribution in [0, 0.1) is 43.3 Å². The summed E-state index contributed by atoms with van der Waals surface area (Å²) in [5.74, 6) is -15.5. The van der Waals surface area contributed by atoms with E-state index in [-0.39, 0.29) is 150 Å². The number of amides is 1. The van der Waals surface area contributed by atoms with E-state index in [0.29, 0.717) is 16.7 Å². The Labute approximate surface area is 795 Å². The summed E-state index contributed by atoms with van der Waals surface area (Å²) >= 11 is 5.77. The molecule has 2 fully saturated rings. The molecule has 4 aliphatic rings. The number of esters is 10. The van der Waals surface area contributed by atoms with Crippen LogP contribution in [0.3, 0.4) is 0 Å². The van der Waals surface area contributed by atoms with Crippen molar-refractivity contribution in [2.75, 3.05) is 104 Å². The van der Waals surface area contributed by atoms with Crippen molar-refractivity contribution in [2.24, 2.45) is 45.9 Å². The third kappa shape index (κ3) is 35.6. The molecule has 0 saturated heterocycles. The number of guanidine groups is 8. The number of ether oxygens (including phenoxy) is 15. The van der Waals surface area contributed by atoms with E-state index < -0.39 is 276 Å².